The first-order valence-corrected chi connectivity index (χ1v) is 9.19. The molecule has 0 radical (unpaired) electrons. The summed E-state index contributed by atoms with van der Waals surface area (Å²) >= 11 is 0. The molecule has 0 N–H and O–H groups in total. The van der Waals surface area contributed by atoms with Crippen molar-refractivity contribution in [3.63, 3.8) is 0 Å². The molecular formula is C21H22F3N3O. The lowest BCUT2D eigenvalue weighted by molar-refractivity contribution is -0.152. The number of nitrogens with zero attached hydrogens (tertiary/aromatic N) is 3. The lowest BCUT2D eigenvalue weighted by Crippen LogP contribution is -2.20. The molecule has 0 aliphatic carbocycles. The number of hydrogen-bond donors (Lipinski definition) is 0. The van der Waals surface area contributed by atoms with Crippen LogP contribution in [-0.4, -0.2) is 20.5 Å². The molecule has 1 atom stereocenters. The summed E-state index contributed by atoms with van der Waals surface area (Å²) in [5.41, 5.74) is 2.03. The van der Waals surface area contributed by atoms with Crippen molar-refractivity contribution in [2.24, 2.45) is 0 Å². The van der Waals surface area contributed by atoms with Crippen molar-refractivity contribution in [2.75, 3.05) is 0 Å². The molecule has 148 valence electrons. The molecular weight excluding hydrogens is 367 g/mol. The van der Waals surface area contributed by atoms with Gasteiger partial charge in [0.05, 0.1) is 25.2 Å². The summed E-state index contributed by atoms with van der Waals surface area (Å²) in [7, 11) is 0. The van der Waals surface area contributed by atoms with Crippen molar-refractivity contribution in [3.8, 4) is 0 Å². The van der Waals surface area contributed by atoms with Crippen LogP contribution in [0, 0.1) is 0 Å². The average molecular weight is 389 g/mol. The van der Waals surface area contributed by atoms with Crippen molar-refractivity contribution in [1.29, 1.82) is 0 Å². The largest absolute Gasteiger partial charge is 0.395 e. The Morgan fingerprint density at radius 2 is 1.71 bits per heavy atom. The summed E-state index contributed by atoms with van der Waals surface area (Å²) in [6, 6.07) is 12.6. The number of benzene rings is 1. The van der Waals surface area contributed by atoms with Crippen LogP contribution in [0.4, 0.5) is 13.2 Å². The maximum absolute atomic E-state index is 13.2. The van der Waals surface area contributed by atoms with Crippen molar-refractivity contribution >= 4 is 0 Å². The van der Waals surface area contributed by atoms with Gasteiger partial charge in [-0.05, 0) is 23.6 Å². The van der Waals surface area contributed by atoms with E-state index in [1.165, 1.54) is 23.1 Å². The topological polar surface area (TPSA) is 39.8 Å². The fraction of sp³-hybridized carbons (Fsp3) is 0.333. The van der Waals surface area contributed by atoms with Gasteiger partial charge in [-0.15, -0.1) is 0 Å². The van der Waals surface area contributed by atoms with Gasteiger partial charge in [0.25, 0.3) is 5.56 Å². The van der Waals surface area contributed by atoms with Gasteiger partial charge in [-0.3, -0.25) is 9.48 Å². The van der Waals surface area contributed by atoms with Crippen molar-refractivity contribution in [3.05, 3.63) is 88.1 Å². The van der Waals surface area contributed by atoms with Gasteiger partial charge in [-0.1, -0.05) is 43.7 Å². The molecule has 0 saturated carbocycles. The lowest BCUT2D eigenvalue weighted by Gasteiger charge is -2.17. The molecule has 3 aromatic rings. The Morgan fingerprint density at radius 1 is 1.04 bits per heavy atom. The highest BCUT2D eigenvalue weighted by Crippen LogP contribution is 2.37. The van der Waals surface area contributed by atoms with Crippen LogP contribution in [0.1, 0.15) is 42.4 Å². The van der Waals surface area contributed by atoms with Crippen LogP contribution in [0.15, 0.2) is 65.8 Å². The third kappa shape index (κ3) is 4.91. The molecule has 0 amide bonds. The summed E-state index contributed by atoms with van der Waals surface area (Å²) in [4.78, 5) is 11.8. The monoisotopic (exact) mass is 389 g/mol. The fourth-order valence-electron chi connectivity index (χ4n) is 3.18. The predicted molar refractivity (Wildman–Crippen MR) is 101 cm³/mol. The van der Waals surface area contributed by atoms with Gasteiger partial charge in [-0.25, -0.2) is 0 Å². The standard InChI is InChI=1S/C21H22F3N3O/c1-2-5-19(21(22,23)24)18-12-25-27(15-18)14-17-9-7-16(8-10-17)13-26-11-4-3-6-20(26)28/h3-4,6-12,15,19H,2,5,13-14H2,1H3. The van der Waals surface area contributed by atoms with Crippen LogP contribution in [0.2, 0.25) is 0 Å². The molecule has 4 nitrogen and oxygen atoms in total. The van der Waals surface area contributed by atoms with Gasteiger partial charge >= 0.3 is 6.18 Å². The van der Waals surface area contributed by atoms with E-state index >= 15 is 0 Å². The first-order valence-electron chi connectivity index (χ1n) is 9.19. The summed E-state index contributed by atoms with van der Waals surface area (Å²) in [6.45, 7) is 2.60. The molecule has 7 heteroatoms. The Morgan fingerprint density at radius 3 is 2.32 bits per heavy atom. The van der Waals surface area contributed by atoms with E-state index < -0.39 is 12.1 Å². The van der Waals surface area contributed by atoms with Crippen LogP contribution in [0.25, 0.3) is 0 Å². The number of rotatable bonds is 7. The van der Waals surface area contributed by atoms with Gasteiger partial charge in [0.2, 0.25) is 0 Å². The molecule has 28 heavy (non-hydrogen) atoms. The zero-order chi connectivity index (χ0) is 20.1. The zero-order valence-corrected chi connectivity index (χ0v) is 15.6. The molecule has 3 rings (SSSR count). The van der Waals surface area contributed by atoms with E-state index in [9.17, 15) is 18.0 Å². The second-order valence-electron chi connectivity index (χ2n) is 6.84. The summed E-state index contributed by atoms with van der Waals surface area (Å²) in [6.07, 6.45) is 0.773. The van der Waals surface area contributed by atoms with E-state index in [1.807, 2.05) is 24.3 Å². The summed E-state index contributed by atoms with van der Waals surface area (Å²) in [5.74, 6) is -1.47. The Bertz CT molecular complexity index is 958. The highest BCUT2D eigenvalue weighted by atomic mass is 19.4. The fourth-order valence-corrected chi connectivity index (χ4v) is 3.18. The minimum absolute atomic E-state index is 0.0583. The molecule has 1 aromatic carbocycles. The highest BCUT2D eigenvalue weighted by Gasteiger charge is 2.40. The number of halogens is 3. The molecule has 0 fully saturated rings. The molecule has 2 aromatic heterocycles. The minimum Gasteiger partial charge on any atom is -0.311 e. The first kappa shape index (κ1) is 19.9. The second kappa shape index (κ2) is 8.46. The summed E-state index contributed by atoms with van der Waals surface area (Å²) < 4.78 is 42.8. The van der Waals surface area contributed by atoms with E-state index in [2.05, 4.69) is 5.10 Å². The number of alkyl halides is 3. The Balaban J connectivity index is 1.69. The molecule has 0 spiro atoms. The van der Waals surface area contributed by atoms with Crippen molar-refractivity contribution < 1.29 is 13.2 Å². The predicted octanol–water partition coefficient (Wildman–Crippen LogP) is 4.59. The maximum atomic E-state index is 13.2. The molecule has 0 aliphatic rings. The number of aromatic nitrogens is 3. The van der Waals surface area contributed by atoms with Crippen LogP contribution in [-0.2, 0) is 13.1 Å². The van der Waals surface area contributed by atoms with Gasteiger partial charge < -0.3 is 4.57 Å². The van der Waals surface area contributed by atoms with E-state index in [1.54, 1.807) is 29.8 Å². The Labute approximate surface area is 161 Å². The summed E-state index contributed by atoms with van der Waals surface area (Å²) in [5, 5.41) is 4.10. The minimum atomic E-state index is -4.26. The van der Waals surface area contributed by atoms with Crippen LogP contribution in [0.5, 0.6) is 0 Å². The molecule has 0 saturated heterocycles. The quantitative estimate of drug-likeness (QED) is 0.593. The van der Waals surface area contributed by atoms with E-state index in [4.69, 9.17) is 0 Å². The van der Waals surface area contributed by atoms with Crippen LogP contribution < -0.4 is 5.56 Å². The third-order valence-corrected chi connectivity index (χ3v) is 4.65. The Kier molecular flexibility index (Phi) is 6.02. The number of hydrogen-bond acceptors (Lipinski definition) is 2. The first-order chi connectivity index (χ1) is 13.4. The SMILES string of the molecule is CCCC(c1cnn(Cc2ccc(Cn3ccccc3=O)cc2)c1)C(F)(F)F. The molecule has 0 aliphatic heterocycles. The zero-order valence-electron chi connectivity index (χ0n) is 15.6. The van der Waals surface area contributed by atoms with E-state index in [0.29, 0.717) is 19.5 Å². The Hall–Kier alpha value is -2.83. The van der Waals surface area contributed by atoms with Crippen LogP contribution in [0.3, 0.4) is 0 Å². The molecule has 1 unspecified atom stereocenters. The number of pyridine rings is 1. The van der Waals surface area contributed by atoms with Crippen LogP contribution >= 0.6 is 0 Å². The maximum Gasteiger partial charge on any atom is 0.395 e. The van der Waals surface area contributed by atoms with E-state index in [-0.39, 0.29) is 17.5 Å². The average Bonchev–Trinajstić information content (AvgIpc) is 3.10. The third-order valence-electron chi connectivity index (χ3n) is 4.65. The van der Waals surface area contributed by atoms with Crippen molar-refractivity contribution in [1.82, 2.24) is 14.3 Å². The van der Waals surface area contributed by atoms with Gasteiger partial charge in [0.15, 0.2) is 0 Å². The van der Waals surface area contributed by atoms with Gasteiger partial charge in [0.1, 0.15) is 0 Å². The normalized spacial score (nSPS) is 12.9. The molecule has 2 heterocycles. The highest BCUT2D eigenvalue weighted by molar-refractivity contribution is 5.24. The lowest BCUT2D eigenvalue weighted by atomic mass is 9.97. The second-order valence-corrected chi connectivity index (χ2v) is 6.84. The smallest absolute Gasteiger partial charge is 0.311 e. The van der Waals surface area contributed by atoms with Gasteiger partial charge in [-0.2, -0.15) is 18.3 Å². The van der Waals surface area contributed by atoms with Gasteiger partial charge in [0, 0.05) is 24.0 Å². The van der Waals surface area contributed by atoms with E-state index in [0.717, 1.165) is 11.1 Å². The van der Waals surface area contributed by atoms with Crippen molar-refractivity contribution in [2.45, 2.75) is 44.9 Å². The molecule has 0 bridgehead atoms.